The van der Waals surface area contributed by atoms with E-state index in [4.69, 9.17) is 4.74 Å². The van der Waals surface area contributed by atoms with Crippen LogP contribution in [0.4, 0.5) is 0 Å². The molecule has 0 aliphatic rings. The van der Waals surface area contributed by atoms with Gasteiger partial charge in [0.2, 0.25) is 5.78 Å². The number of thiophene rings is 1. The van der Waals surface area contributed by atoms with Crippen molar-refractivity contribution >= 4 is 34.4 Å². The van der Waals surface area contributed by atoms with Crippen molar-refractivity contribution in [2.45, 2.75) is 20.3 Å². The Hall–Kier alpha value is -1.53. The fourth-order valence-electron chi connectivity index (χ4n) is 1.49. The van der Waals surface area contributed by atoms with Gasteiger partial charge in [-0.3, -0.25) is 9.59 Å². The first-order valence-electron chi connectivity index (χ1n) is 5.71. The summed E-state index contributed by atoms with van der Waals surface area (Å²) >= 11 is 2.89. The summed E-state index contributed by atoms with van der Waals surface area (Å²) in [4.78, 5) is 29.2. The van der Waals surface area contributed by atoms with E-state index in [9.17, 15) is 9.59 Å². The number of thiazole rings is 1. The fourth-order valence-corrected chi connectivity index (χ4v) is 2.89. The number of Topliss-reactive ketones (excluding diaryl/α,β-unsaturated/α-hetero) is 1. The van der Waals surface area contributed by atoms with Crippen LogP contribution >= 0.6 is 22.7 Å². The lowest BCUT2D eigenvalue weighted by Gasteiger charge is -2.01. The smallest absolute Gasteiger partial charge is 0.312 e. The SMILES string of the molecule is Cc1ccc(C(=O)COC(=O)Cc2csc(C)n2)s1. The minimum Gasteiger partial charge on any atom is -0.457 e. The van der Waals surface area contributed by atoms with Crippen LogP contribution in [-0.2, 0) is 16.0 Å². The summed E-state index contributed by atoms with van der Waals surface area (Å²) in [5.74, 6) is -0.590. The van der Waals surface area contributed by atoms with Crippen LogP contribution in [0.15, 0.2) is 17.5 Å². The Kier molecular flexibility index (Phi) is 4.44. The van der Waals surface area contributed by atoms with Crippen LogP contribution < -0.4 is 0 Å². The lowest BCUT2D eigenvalue weighted by Crippen LogP contribution is -2.15. The van der Waals surface area contributed by atoms with Crippen molar-refractivity contribution in [3.05, 3.63) is 38.0 Å². The summed E-state index contributed by atoms with van der Waals surface area (Å²) in [6.45, 7) is 3.60. The number of carbonyl (C=O) groups excluding carboxylic acids is 2. The molecule has 0 radical (unpaired) electrons. The maximum Gasteiger partial charge on any atom is 0.312 e. The second kappa shape index (κ2) is 6.08. The van der Waals surface area contributed by atoms with Crippen molar-refractivity contribution in [1.82, 2.24) is 4.98 Å². The maximum atomic E-state index is 11.7. The van der Waals surface area contributed by atoms with E-state index in [1.54, 1.807) is 6.07 Å². The van der Waals surface area contributed by atoms with E-state index in [2.05, 4.69) is 4.98 Å². The number of rotatable bonds is 5. The van der Waals surface area contributed by atoms with Gasteiger partial charge in [0.1, 0.15) is 0 Å². The number of ether oxygens (including phenoxy) is 1. The van der Waals surface area contributed by atoms with Gasteiger partial charge in [0, 0.05) is 10.3 Å². The van der Waals surface area contributed by atoms with Gasteiger partial charge in [0.25, 0.3) is 0 Å². The lowest BCUT2D eigenvalue weighted by molar-refractivity contribution is -0.141. The zero-order valence-electron chi connectivity index (χ0n) is 10.6. The Bertz CT molecular complexity index is 601. The molecule has 0 aliphatic carbocycles. The molecular formula is C13H13NO3S2. The largest absolute Gasteiger partial charge is 0.457 e. The normalized spacial score (nSPS) is 10.4. The molecule has 2 aromatic rings. The third-order valence-corrected chi connectivity index (χ3v) is 4.24. The fraction of sp³-hybridized carbons (Fsp3) is 0.308. The van der Waals surface area contributed by atoms with Gasteiger partial charge in [-0.2, -0.15) is 0 Å². The molecule has 2 aromatic heterocycles. The molecule has 0 atom stereocenters. The number of carbonyl (C=O) groups is 2. The van der Waals surface area contributed by atoms with Crippen LogP contribution in [0.3, 0.4) is 0 Å². The minimum absolute atomic E-state index is 0.112. The molecule has 0 aromatic carbocycles. The van der Waals surface area contributed by atoms with Crippen LogP contribution in [0, 0.1) is 13.8 Å². The van der Waals surface area contributed by atoms with Gasteiger partial charge in [0.05, 0.1) is 22.0 Å². The van der Waals surface area contributed by atoms with Crippen LogP contribution in [0.5, 0.6) is 0 Å². The number of esters is 1. The Labute approximate surface area is 119 Å². The summed E-state index contributed by atoms with van der Waals surface area (Å²) in [6, 6.07) is 3.62. The van der Waals surface area contributed by atoms with Gasteiger partial charge in [-0.05, 0) is 26.0 Å². The number of hydrogen-bond acceptors (Lipinski definition) is 6. The molecule has 100 valence electrons. The van der Waals surface area contributed by atoms with Gasteiger partial charge >= 0.3 is 5.97 Å². The van der Waals surface area contributed by atoms with E-state index in [-0.39, 0.29) is 18.8 Å². The first-order chi connectivity index (χ1) is 9.04. The molecule has 0 unspecified atom stereocenters. The maximum absolute atomic E-state index is 11.7. The molecule has 0 fully saturated rings. The van der Waals surface area contributed by atoms with Crippen LogP contribution in [-0.4, -0.2) is 23.3 Å². The molecule has 0 bridgehead atoms. The predicted molar refractivity (Wildman–Crippen MR) is 74.9 cm³/mol. The van der Waals surface area contributed by atoms with Crippen LogP contribution in [0.2, 0.25) is 0 Å². The van der Waals surface area contributed by atoms with Crippen LogP contribution in [0.1, 0.15) is 25.3 Å². The Morgan fingerprint density at radius 1 is 1.32 bits per heavy atom. The van der Waals surface area contributed by atoms with Crippen molar-refractivity contribution in [1.29, 1.82) is 0 Å². The molecule has 2 heterocycles. The number of aromatic nitrogens is 1. The average molecular weight is 295 g/mol. The molecule has 0 N–H and O–H groups in total. The molecule has 2 rings (SSSR count). The van der Waals surface area contributed by atoms with E-state index in [0.717, 1.165) is 9.88 Å². The lowest BCUT2D eigenvalue weighted by atomic mass is 10.3. The Morgan fingerprint density at radius 3 is 2.68 bits per heavy atom. The summed E-state index contributed by atoms with van der Waals surface area (Å²) in [5, 5.41) is 2.73. The third kappa shape index (κ3) is 3.97. The van der Waals surface area contributed by atoms with Gasteiger partial charge in [-0.25, -0.2) is 4.98 Å². The van der Waals surface area contributed by atoms with Crippen LogP contribution in [0.25, 0.3) is 0 Å². The highest BCUT2D eigenvalue weighted by atomic mass is 32.1. The molecule has 0 saturated carbocycles. The number of aryl methyl sites for hydroxylation is 2. The van der Waals surface area contributed by atoms with E-state index in [1.165, 1.54) is 22.7 Å². The number of hydrogen-bond donors (Lipinski definition) is 0. The minimum atomic E-state index is -0.424. The molecule has 4 nitrogen and oxygen atoms in total. The Morgan fingerprint density at radius 2 is 2.11 bits per heavy atom. The molecule has 0 saturated heterocycles. The quantitative estimate of drug-likeness (QED) is 0.628. The monoisotopic (exact) mass is 295 g/mol. The van der Waals surface area contributed by atoms with Gasteiger partial charge in [-0.1, -0.05) is 0 Å². The summed E-state index contributed by atoms with van der Waals surface area (Å²) in [6.07, 6.45) is 0.112. The number of ketones is 1. The molecule has 0 aliphatic heterocycles. The van der Waals surface area contributed by atoms with E-state index >= 15 is 0 Å². The summed E-state index contributed by atoms with van der Waals surface area (Å²) in [7, 11) is 0. The van der Waals surface area contributed by atoms with Gasteiger partial charge in [0.15, 0.2) is 6.61 Å². The van der Waals surface area contributed by atoms with E-state index in [1.807, 2.05) is 25.3 Å². The van der Waals surface area contributed by atoms with Gasteiger partial charge in [-0.15, -0.1) is 22.7 Å². The molecule has 6 heteroatoms. The highest BCUT2D eigenvalue weighted by molar-refractivity contribution is 7.14. The number of nitrogens with zero attached hydrogens (tertiary/aromatic N) is 1. The molecule has 19 heavy (non-hydrogen) atoms. The van der Waals surface area contributed by atoms with Crippen molar-refractivity contribution in [3.63, 3.8) is 0 Å². The molecule has 0 amide bonds. The average Bonchev–Trinajstić information content (AvgIpc) is 2.95. The summed E-state index contributed by atoms with van der Waals surface area (Å²) in [5.41, 5.74) is 0.687. The second-order valence-electron chi connectivity index (χ2n) is 4.03. The third-order valence-electron chi connectivity index (χ3n) is 2.37. The predicted octanol–water partition coefficient (Wildman–Crippen LogP) is 2.79. The summed E-state index contributed by atoms with van der Waals surface area (Å²) < 4.78 is 4.96. The van der Waals surface area contributed by atoms with E-state index < -0.39 is 5.97 Å². The Balaban J connectivity index is 1.82. The zero-order chi connectivity index (χ0) is 13.8. The zero-order valence-corrected chi connectivity index (χ0v) is 12.3. The topological polar surface area (TPSA) is 56.3 Å². The first-order valence-corrected chi connectivity index (χ1v) is 7.40. The first kappa shape index (κ1) is 13.9. The highest BCUT2D eigenvalue weighted by Crippen LogP contribution is 2.15. The second-order valence-corrected chi connectivity index (χ2v) is 6.38. The van der Waals surface area contributed by atoms with Gasteiger partial charge < -0.3 is 4.74 Å². The van der Waals surface area contributed by atoms with Crippen molar-refractivity contribution < 1.29 is 14.3 Å². The molecular weight excluding hydrogens is 282 g/mol. The van der Waals surface area contributed by atoms with Crippen molar-refractivity contribution in [2.75, 3.05) is 6.61 Å². The standard InChI is InChI=1S/C13H13NO3S2/c1-8-3-4-12(19-8)11(15)6-17-13(16)5-10-7-18-9(2)14-10/h3-4,7H,5-6H2,1-2H3. The highest BCUT2D eigenvalue weighted by Gasteiger charge is 2.13. The van der Waals surface area contributed by atoms with Crippen molar-refractivity contribution in [2.24, 2.45) is 0 Å². The van der Waals surface area contributed by atoms with Crippen molar-refractivity contribution in [3.8, 4) is 0 Å². The molecule has 0 spiro atoms. The van der Waals surface area contributed by atoms with E-state index in [0.29, 0.717) is 10.6 Å².